The number of amides is 1. The number of carbonyl (C=O) groups is 1. The fraction of sp³-hybridized carbons (Fsp3) is 0.125. The molecule has 2 N–H and O–H groups in total. The minimum atomic E-state index is -0.370. The van der Waals surface area contributed by atoms with Crippen LogP contribution in [0.2, 0.25) is 0 Å². The summed E-state index contributed by atoms with van der Waals surface area (Å²) in [5.74, 6) is 6.23. The van der Waals surface area contributed by atoms with Crippen molar-refractivity contribution in [1.29, 1.82) is 0 Å². The Hall–Kier alpha value is -1.35. The zero-order chi connectivity index (χ0) is 8.27. The number of rotatable bonds is 1. The third-order valence-corrected chi connectivity index (χ3v) is 1.43. The van der Waals surface area contributed by atoms with E-state index in [4.69, 9.17) is 5.84 Å². The molecule has 0 spiro atoms. The van der Waals surface area contributed by atoms with Crippen molar-refractivity contribution in [2.24, 2.45) is 0 Å². The Kier molecular flexibility index (Phi) is 2.23. The van der Waals surface area contributed by atoms with Crippen molar-refractivity contribution < 1.29 is 4.79 Å². The van der Waals surface area contributed by atoms with E-state index in [2.05, 4.69) is 0 Å². The number of aryl methyl sites for hydroxylation is 1. The SMILES string of the molecule is Cc1ccc(C(=O)N[NH])cc1. The molecule has 0 saturated heterocycles. The zero-order valence-corrected chi connectivity index (χ0v) is 6.22. The first-order valence-corrected chi connectivity index (χ1v) is 3.28. The maximum atomic E-state index is 10.8. The Bertz CT molecular complexity index is 253. The van der Waals surface area contributed by atoms with E-state index >= 15 is 0 Å². The first-order chi connectivity index (χ1) is 5.24. The molecule has 0 unspecified atom stereocenters. The van der Waals surface area contributed by atoms with Gasteiger partial charge in [-0.25, -0.2) is 0 Å². The summed E-state index contributed by atoms with van der Waals surface area (Å²) >= 11 is 0. The second-order valence-corrected chi connectivity index (χ2v) is 2.32. The van der Waals surface area contributed by atoms with Crippen molar-refractivity contribution in [2.75, 3.05) is 0 Å². The molecule has 0 aromatic heterocycles. The molecule has 1 amide bonds. The van der Waals surface area contributed by atoms with E-state index in [0.717, 1.165) is 5.56 Å². The maximum absolute atomic E-state index is 10.8. The van der Waals surface area contributed by atoms with Gasteiger partial charge in [-0.1, -0.05) is 17.7 Å². The second kappa shape index (κ2) is 3.16. The van der Waals surface area contributed by atoms with Gasteiger partial charge in [0.1, 0.15) is 0 Å². The summed E-state index contributed by atoms with van der Waals surface area (Å²) in [7, 11) is 0. The maximum Gasteiger partial charge on any atom is 0.266 e. The van der Waals surface area contributed by atoms with Gasteiger partial charge in [0.2, 0.25) is 0 Å². The normalized spacial score (nSPS) is 9.27. The van der Waals surface area contributed by atoms with Crippen molar-refractivity contribution in [2.45, 2.75) is 6.92 Å². The molecule has 0 bridgehead atoms. The molecule has 0 aliphatic rings. The highest BCUT2D eigenvalue weighted by atomic mass is 16.2. The van der Waals surface area contributed by atoms with E-state index in [9.17, 15) is 4.79 Å². The van der Waals surface area contributed by atoms with Crippen LogP contribution < -0.4 is 11.3 Å². The van der Waals surface area contributed by atoms with Gasteiger partial charge in [-0.3, -0.25) is 10.2 Å². The van der Waals surface area contributed by atoms with Gasteiger partial charge in [0.25, 0.3) is 5.91 Å². The summed E-state index contributed by atoms with van der Waals surface area (Å²) in [6.07, 6.45) is 0. The molecule has 0 atom stereocenters. The summed E-state index contributed by atoms with van der Waals surface area (Å²) in [4.78, 5) is 10.8. The Morgan fingerprint density at radius 1 is 1.36 bits per heavy atom. The van der Waals surface area contributed by atoms with Gasteiger partial charge in [-0.15, -0.1) is 0 Å². The summed E-state index contributed by atoms with van der Waals surface area (Å²) in [5.41, 5.74) is 3.43. The summed E-state index contributed by atoms with van der Waals surface area (Å²) in [6, 6.07) is 7.06. The summed E-state index contributed by atoms with van der Waals surface area (Å²) in [5, 5.41) is 0. The molecule has 1 radical (unpaired) electrons. The van der Waals surface area contributed by atoms with Gasteiger partial charge < -0.3 is 0 Å². The van der Waals surface area contributed by atoms with E-state index in [1.165, 1.54) is 0 Å². The van der Waals surface area contributed by atoms with E-state index in [-0.39, 0.29) is 5.91 Å². The molecule has 0 aliphatic heterocycles. The molecule has 3 nitrogen and oxygen atoms in total. The van der Waals surface area contributed by atoms with Crippen LogP contribution in [-0.2, 0) is 0 Å². The largest absolute Gasteiger partial charge is 0.272 e. The third-order valence-electron chi connectivity index (χ3n) is 1.43. The van der Waals surface area contributed by atoms with Crippen molar-refractivity contribution in [3.05, 3.63) is 35.4 Å². The number of hydrogen-bond donors (Lipinski definition) is 1. The Labute approximate surface area is 65.2 Å². The van der Waals surface area contributed by atoms with Crippen LogP contribution in [0.15, 0.2) is 24.3 Å². The highest BCUT2D eigenvalue weighted by molar-refractivity contribution is 5.93. The highest BCUT2D eigenvalue weighted by Gasteiger charge is 2.00. The third kappa shape index (κ3) is 1.78. The lowest BCUT2D eigenvalue weighted by Gasteiger charge is -1.97. The monoisotopic (exact) mass is 149 g/mol. The highest BCUT2D eigenvalue weighted by Crippen LogP contribution is 2.01. The molecule has 57 valence electrons. The fourth-order valence-corrected chi connectivity index (χ4v) is 0.777. The zero-order valence-electron chi connectivity index (χ0n) is 6.22. The molecule has 0 aliphatic carbocycles. The van der Waals surface area contributed by atoms with Gasteiger partial charge in [-0.05, 0) is 19.1 Å². The van der Waals surface area contributed by atoms with Crippen LogP contribution >= 0.6 is 0 Å². The van der Waals surface area contributed by atoms with Crippen LogP contribution in [0.3, 0.4) is 0 Å². The minimum absolute atomic E-state index is 0.370. The lowest BCUT2D eigenvalue weighted by atomic mass is 10.1. The standard InChI is InChI=1S/C8H9N2O/c1-6-2-4-7(5-3-6)8(11)10-9/h2-5,9H,1H3,(H,10,11). The van der Waals surface area contributed by atoms with Crippen LogP contribution in [0, 0.1) is 6.92 Å². The van der Waals surface area contributed by atoms with E-state index in [0.29, 0.717) is 5.56 Å². The molecular formula is C8H9N2O. The number of hydrogen-bond acceptors (Lipinski definition) is 1. The molecule has 0 saturated carbocycles. The molecule has 11 heavy (non-hydrogen) atoms. The van der Waals surface area contributed by atoms with Crippen LogP contribution in [-0.4, -0.2) is 5.91 Å². The van der Waals surface area contributed by atoms with Crippen LogP contribution in [0.4, 0.5) is 0 Å². The quantitative estimate of drug-likeness (QED) is 0.593. The lowest BCUT2D eigenvalue weighted by Crippen LogP contribution is -2.20. The Morgan fingerprint density at radius 2 is 1.91 bits per heavy atom. The molecule has 3 heteroatoms. The molecule has 0 fully saturated rings. The van der Waals surface area contributed by atoms with Crippen molar-refractivity contribution >= 4 is 5.91 Å². The topological polar surface area (TPSA) is 52.9 Å². The van der Waals surface area contributed by atoms with E-state index in [1.54, 1.807) is 12.1 Å². The van der Waals surface area contributed by atoms with Gasteiger partial charge in [0, 0.05) is 5.56 Å². The Balaban J connectivity index is 2.90. The second-order valence-electron chi connectivity index (χ2n) is 2.32. The molecule has 1 aromatic carbocycles. The number of benzene rings is 1. The number of nitrogens with one attached hydrogen (secondary N) is 2. The fourth-order valence-electron chi connectivity index (χ4n) is 0.777. The predicted octanol–water partition coefficient (Wildman–Crippen LogP) is 0.923. The smallest absolute Gasteiger partial charge is 0.266 e. The van der Waals surface area contributed by atoms with Crippen molar-refractivity contribution in [3.63, 3.8) is 0 Å². The van der Waals surface area contributed by atoms with Gasteiger partial charge in [0.05, 0.1) is 0 Å². The Morgan fingerprint density at radius 3 is 2.36 bits per heavy atom. The van der Waals surface area contributed by atoms with Crippen LogP contribution in [0.1, 0.15) is 15.9 Å². The van der Waals surface area contributed by atoms with E-state index < -0.39 is 0 Å². The van der Waals surface area contributed by atoms with Crippen molar-refractivity contribution in [1.82, 2.24) is 11.3 Å². The average Bonchev–Trinajstić information content (AvgIpc) is 2.05. The lowest BCUT2D eigenvalue weighted by molar-refractivity contribution is 0.0950. The molecule has 1 rings (SSSR count). The summed E-state index contributed by atoms with van der Waals surface area (Å²) in [6.45, 7) is 1.95. The van der Waals surface area contributed by atoms with Crippen LogP contribution in [0.25, 0.3) is 0 Å². The van der Waals surface area contributed by atoms with Crippen molar-refractivity contribution in [3.8, 4) is 0 Å². The van der Waals surface area contributed by atoms with E-state index in [1.807, 2.05) is 24.5 Å². The minimum Gasteiger partial charge on any atom is -0.272 e. The first-order valence-electron chi connectivity index (χ1n) is 3.28. The first kappa shape index (κ1) is 7.75. The molecular weight excluding hydrogens is 140 g/mol. The summed E-state index contributed by atoms with van der Waals surface area (Å²) < 4.78 is 0. The number of carbonyl (C=O) groups excluding carboxylic acids is 1. The average molecular weight is 149 g/mol. The van der Waals surface area contributed by atoms with Gasteiger partial charge in [-0.2, -0.15) is 5.84 Å². The molecule has 0 heterocycles. The predicted molar refractivity (Wildman–Crippen MR) is 41.7 cm³/mol. The van der Waals surface area contributed by atoms with Crippen LogP contribution in [0.5, 0.6) is 0 Å². The van der Waals surface area contributed by atoms with Gasteiger partial charge in [0.15, 0.2) is 0 Å². The van der Waals surface area contributed by atoms with Gasteiger partial charge >= 0.3 is 0 Å². The molecule has 1 aromatic rings.